The van der Waals surface area contributed by atoms with Crippen LogP contribution < -0.4 is 17.3 Å². The van der Waals surface area contributed by atoms with E-state index < -0.39 is 0 Å². The normalized spacial score (nSPS) is 11.6. The standard InChI is InChI=1S/C11H16N6/c1-11(2,7-3-5-8(12)6-4-7)9-15-16-10(13)17(9)14/h3-6H,12,14H2,1-2H3,(H2,13,16). The first kappa shape index (κ1) is 11.3. The van der Waals surface area contributed by atoms with Crippen LogP contribution in [0.1, 0.15) is 25.2 Å². The molecule has 0 fully saturated rings. The van der Waals surface area contributed by atoms with Crippen LogP contribution >= 0.6 is 0 Å². The number of aromatic nitrogens is 3. The molecule has 90 valence electrons. The van der Waals surface area contributed by atoms with Gasteiger partial charge in [0.1, 0.15) is 0 Å². The first-order valence-electron chi connectivity index (χ1n) is 5.25. The van der Waals surface area contributed by atoms with Crippen molar-refractivity contribution in [2.45, 2.75) is 19.3 Å². The van der Waals surface area contributed by atoms with Crippen molar-refractivity contribution in [3.63, 3.8) is 0 Å². The number of hydrogen-bond donors (Lipinski definition) is 3. The van der Waals surface area contributed by atoms with Crippen LogP contribution in [-0.2, 0) is 5.41 Å². The smallest absolute Gasteiger partial charge is 0.240 e. The van der Waals surface area contributed by atoms with Crippen molar-refractivity contribution < 1.29 is 0 Å². The van der Waals surface area contributed by atoms with E-state index in [2.05, 4.69) is 10.2 Å². The lowest BCUT2D eigenvalue weighted by molar-refractivity contribution is 0.570. The Morgan fingerprint density at radius 2 is 1.65 bits per heavy atom. The van der Waals surface area contributed by atoms with Crippen LogP contribution in [0.3, 0.4) is 0 Å². The Kier molecular flexibility index (Phi) is 2.42. The molecule has 17 heavy (non-hydrogen) atoms. The Hall–Kier alpha value is -2.24. The minimum absolute atomic E-state index is 0.198. The van der Waals surface area contributed by atoms with Gasteiger partial charge in [-0.15, -0.1) is 10.2 Å². The molecule has 0 bridgehead atoms. The lowest BCUT2D eigenvalue weighted by Gasteiger charge is -2.23. The van der Waals surface area contributed by atoms with Gasteiger partial charge in [0, 0.05) is 5.69 Å². The van der Waals surface area contributed by atoms with Gasteiger partial charge >= 0.3 is 0 Å². The number of nitrogens with two attached hydrogens (primary N) is 3. The van der Waals surface area contributed by atoms with Gasteiger partial charge in [-0.3, -0.25) is 0 Å². The predicted octanol–water partition coefficient (Wildman–Crippen LogP) is 0.482. The maximum Gasteiger partial charge on any atom is 0.240 e. The molecule has 0 aliphatic rings. The Morgan fingerprint density at radius 1 is 1.06 bits per heavy atom. The number of benzene rings is 1. The first-order valence-corrected chi connectivity index (χ1v) is 5.25. The number of rotatable bonds is 2. The summed E-state index contributed by atoms with van der Waals surface area (Å²) in [5.74, 6) is 6.61. The quantitative estimate of drug-likeness (QED) is 0.515. The highest BCUT2D eigenvalue weighted by atomic mass is 15.4. The van der Waals surface area contributed by atoms with Crippen molar-refractivity contribution in [2.75, 3.05) is 17.3 Å². The largest absolute Gasteiger partial charge is 0.399 e. The van der Waals surface area contributed by atoms with Crippen molar-refractivity contribution in [3.05, 3.63) is 35.7 Å². The summed E-state index contributed by atoms with van der Waals surface area (Å²) in [5, 5.41) is 7.78. The predicted molar refractivity (Wildman–Crippen MR) is 67.6 cm³/mol. The van der Waals surface area contributed by atoms with E-state index in [1.54, 1.807) is 0 Å². The second-order valence-electron chi connectivity index (χ2n) is 4.50. The second-order valence-corrected chi connectivity index (χ2v) is 4.50. The fourth-order valence-electron chi connectivity index (χ4n) is 1.76. The van der Waals surface area contributed by atoms with Crippen LogP contribution in [0.15, 0.2) is 24.3 Å². The van der Waals surface area contributed by atoms with Crippen LogP contribution in [0.4, 0.5) is 11.6 Å². The zero-order valence-electron chi connectivity index (χ0n) is 9.88. The first-order chi connectivity index (χ1) is 7.93. The summed E-state index contributed by atoms with van der Waals surface area (Å²) in [5.41, 5.74) is 12.6. The van der Waals surface area contributed by atoms with E-state index in [1.165, 1.54) is 4.68 Å². The highest BCUT2D eigenvalue weighted by molar-refractivity contribution is 5.43. The molecule has 6 N–H and O–H groups in total. The Bertz CT molecular complexity index is 525. The van der Waals surface area contributed by atoms with E-state index >= 15 is 0 Å². The summed E-state index contributed by atoms with van der Waals surface area (Å²) in [4.78, 5) is 0. The van der Waals surface area contributed by atoms with Gasteiger partial charge in [0.15, 0.2) is 5.82 Å². The van der Waals surface area contributed by atoms with E-state index in [0.717, 1.165) is 11.3 Å². The fraction of sp³-hybridized carbons (Fsp3) is 0.273. The molecule has 0 amide bonds. The highest BCUT2D eigenvalue weighted by Gasteiger charge is 2.29. The van der Waals surface area contributed by atoms with Crippen molar-refractivity contribution in [1.29, 1.82) is 0 Å². The van der Waals surface area contributed by atoms with E-state index in [4.69, 9.17) is 17.3 Å². The van der Waals surface area contributed by atoms with Gasteiger partial charge in [-0.2, -0.15) is 0 Å². The van der Waals surface area contributed by atoms with Gasteiger partial charge < -0.3 is 17.3 Å². The van der Waals surface area contributed by atoms with E-state index in [-0.39, 0.29) is 11.4 Å². The maximum atomic E-state index is 5.80. The van der Waals surface area contributed by atoms with E-state index in [9.17, 15) is 0 Å². The van der Waals surface area contributed by atoms with Crippen LogP contribution in [0, 0.1) is 0 Å². The molecule has 1 aromatic heterocycles. The minimum atomic E-state index is -0.382. The monoisotopic (exact) mass is 232 g/mol. The third-order valence-corrected chi connectivity index (χ3v) is 2.91. The van der Waals surface area contributed by atoms with E-state index in [1.807, 2.05) is 38.1 Å². The van der Waals surface area contributed by atoms with Crippen molar-refractivity contribution in [3.8, 4) is 0 Å². The lowest BCUT2D eigenvalue weighted by Crippen LogP contribution is -2.28. The summed E-state index contributed by atoms with van der Waals surface area (Å²) in [6, 6.07) is 7.58. The molecule has 0 aliphatic carbocycles. The molecule has 0 saturated carbocycles. The number of nitrogen functional groups attached to an aromatic ring is 3. The summed E-state index contributed by atoms with van der Waals surface area (Å²) in [6.45, 7) is 4.01. The number of hydrogen-bond acceptors (Lipinski definition) is 5. The van der Waals surface area contributed by atoms with Crippen molar-refractivity contribution in [1.82, 2.24) is 14.9 Å². The molecule has 1 aromatic carbocycles. The van der Waals surface area contributed by atoms with Crippen LogP contribution in [-0.4, -0.2) is 14.9 Å². The second kappa shape index (κ2) is 3.65. The van der Waals surface area contributed by atoms with Crippen LogP contribution in [0.25, 0.3) is 0 Å². The Balaban J connectivity index is 2.49. The SMILES string of the molecule is CC(C)(c1ccc(N)cc1)c1nnc(N)n1N. The fourth-order valence-corrected chi connectivity index (χ4v) is 1.76. The molecule has 0 unspecified atom stereocenters. The highest BCUT2D eigenvalue weighted by Crippen LogP contribution is 2.30. The van der Waals surface area contributed by atoms with E-state index in [0.29, 0.717) is 5.82 Å². The topological polar surface area (TPSA) is 109 Å². The average molecular weight is 232 g/mol. The molecule has 0 spiro atoms. The molecule has 6 heteroatoms. The number of nitrogens with zero attached hydrogens (tertiary/aromatic N) is 3. The third-order valence-electron chi connectivity index (χ3n) is 2.91. The third kappa shape index (κ3) is 1.77. The molecule has 2 rings (SSSR count). The molecule has 0 saturated heterocycles. The molecule has 0 atom stereocenters. The molecular formula is C11H16N6. The lowest BCUT2D eigenvalue weighted by atomic mass is 9.84. The molecule has 0 aliphatic heterocycles. The molecule has 0 radical (unpaired) electrons. The molecule has 2 aromatic rings. The minimum Gasteiger partial charge on any atom is -0.399 e. The van der Waals surface area contributed by atoms with Crippen molar-refractivity contribution >= 4 is 11.6 Å². The summed E-state index contributed by atoms with van der Waals surface area (Å²) in [7, 11) is 0. The molecular weight excluding hydrogens is 216 g/mol. The summed E-state index contributed by atoms with van der Waals surface area (Å²) >= 11 is 0. The van der Waals surface area contributed by atoms with Gasteiger partial charge in [-0.1, -0.05) is 12.1 Å². The van der Waals surface area contributed by atoms with Crippen LogP contribution in [0.2, 0.25) is 0 Å². The Morgan fingerprint density at radius 3 is 2.12 bits per heavy atom. The van der Waals surface area contributed by atoms with Crippen molar-refractivity contribution in [2.24, 2.45) is 0 Å². The van der Waals surface area contributed by atoms with Gasteiger partial charge in [0.25, 0.3) is 0 Å². The zero-order valence-corrected chi connectivity index (χ0v) is 9.88. The van der Waals surface area contributed by atoms with Gasteiger partial charge in [0.2, 0.25) is 5.95 Å². The van der Waals surface area contributed by atoms with Crippen LogP contribution in [0.5, 0.6) is 0 Å². The summed E-state index contributed by atoms with van der Waals surface area (Å²) in [6.07, 6.45) is 0. The Labute approximate surface area is 99.4 Å². The zero-order chi connectivity index (χ0) is 12.6. The average Bonchev–Trinajstić information content (AvgIpc) is 2.61. The van der Waals surface area contributed by atoms with Gasteiger partial charge in [0.05, 0.1) is 5.41 Å². The molecule has 6 nitrogen and oxygen atoms in total. The van der Waals surface area contributed by atoms with Gasteiger partial charge in [-0.05, 0) is 31.5 Å². The molecule has 1 heterocycles. The van der Waals surface area contributed by atoms with Gasteiger partial charge in [-0.25, -0.2) is 4.68 Å². The number of anilines is 2. The summed E-state index contributed by atoms with van der Waals surface area (Å²) < 4.78 is 1.30. The maximum absolute atomic E-state index is 5.80.